The Balaban J connectivity index is 1.49. The lowest BCUT2D eigenvalue weighted by Gasteiger charge is -2.31. The molecule has 0 fully saturated rings. The Morgan fingerprint density at radius 1 is 1.03 bits per heavy atom. The van der Waals surface area contributed by atoms with Gasteiger partial charge in [0.05, 0.1) is 24.0 Å². The minimum Gasteiger partial charge on any atom is -0.310 e. The number of halogens is 3. The van der Waals surface area contributed by atoms with Crippen LogP contribution >= 0.6 is 22.9 Å². The maximum atomic E-state index is 14.4. The summed E-state index contributed by atoms with van der Waals surface area (Å²) in [7, 11) is 0. The molecule has 3 heterocycles. The van der Waals surface area contributed by atoms with Gasteiger partial charge in [0, 0.05) is 27.7 Å². The van der Waals surface area contributed by atoms with Crippen LogP contribution in [0.5, 0.6) is 0 Å². The van der Waals surface area contributed by atoms with E-state index >= 15 is 0 Å². The number of aromatic nitrogens is 1. The zero-order chi connectivity index (χ0) is 24.1. The predicted octanol–water partition coefficient (Wildman–Crippen LogP) is 7.49. The van der Waals surface area contributed by atoms with Crippen LogP contribution in [0, 0.1) is 11.6 Å². The smallest absolute Gasteiger partial charge is 0.310 e. The van der Waals surface area contributed by atoms with Crippen molar-refractivity contribution in [2.75, 3.05) is 5.32 Å². The molecule has 4 nitrogen and oxygen atoms in total. The van der Waals surface area contributed by atoms with Crippen LogP contribution in [-0.2, 0) is 19.4 Å². The fourth-order valence-corrected chi connectivity index (χ4v) is 6.69. The second-order valence-corrected chi connectivity index (χ2v) is 10.5. The zero-order valence-corrected chi connectivity index (χ0v) is 20.3. The van der Waals surface area contributed by atoms with Gasteiger partial charge in [0.2, 0.25) is 0 Å². The van der Waals surface area contributed by atoms with Gasteiger partial charge in [-0.1, -0.05) is 23.7 Å². The third kappa shape index (κ3) is 3.93. The van der Waals surface area contributed by atoms with Crippen molar-refractivity contribution in [3.05, 3.63) is 105 Å². The minimum absolute atomic E-state index is 0.0570. The SMILES string of the molecule is O=C(Nc1ccc(F)cc1F)N1Cc2c(sc3c2CCCC3)-n2cccc2[C@@H]1c1ccc(Cl)cc1. The topological polar surface area (TPSA) is 37.3 Å². The average molecular weight is 510 g/mol. The number of anilines is 1. The van der Waals surface area contributed by atoms with E-state index in [1.165, 1.54) is 22.9 Å². The molecule has 0 saturated carbocycles. The molecule has 0 unspecified atom stereocenters. The fraction of sp³-hybridized carbons (Fsp3) is 0.222. The molecular weight excluding hydrogens is 488 g/mol. The van der Waals surface area contributed by atoms with Crippen molar-refractivity contribution in [1.82, 2.24) is 9.47 Å². The molecule has 1 aliphatic heterocycles. The van der Waals surface area contributed by atoms with Gasteiger partial charge in [0.15, 0.2) is 0 Å². The highest BCUT2D eigenvalue weighted by Crippen LogP contribution is 2.44. The predicted molar refractivity (Wildman–Crippen MR) is 135 cm³/mol. The number of amides is 2. The normalized spacial score (nSPS) is 16.8. The summed E-state index contributed by atoms with van der Waals surface area (Å²) in [5.41, 5.74) is 4.26. The van der Waals surface area contributed by atoms with Gasteiger partial charge in [0.25, 0.3) is 0 Å². The highest BCUT2D eigenvalue weighted by atomic mass is 35.5. The summed E-state index contributed by atoms with van der Waals surface area (Å²) in [5, 5.41) is 4.43. The van der Waals surface area contributed by atoms with E-state index in [1.54, 1.807) is 16.2 Å². The largest absolute Gasteiger partial charge is 0.323 e. The van der Waals surface area contributed by atoms with Crippen molar-refractivity contribution >= 4 is 34.7 Å². The number of aryl methyl sites for hydroxylation is 1. The number of hydrogen-bond acceptors (Lipinski definition) is 2. The van der Waals surface area contributed by atoms with Gasteiger partial charge >= 0.3 is 6.03 Å². The van der Waals surface area contributed by atoms with E-state index in [4.69, 9.17) is 11.6 Å². The zero-order valence-electron chi connectivity index (χ0n) is 18.7. The standard InChI is InChI=1S/C27H22ClF2N3OS/c28-17-9-7-16(8-10-17)25-23-5-3-13-32(23)26-20(19-4-1-2-6-24(19)35-26)15-33(25)27(34)31-22-12-11-18(29)14-21(22)30/h3,5,7-14,25H,1-2,4,6,15H2,(H,31,34)/t25-/m0/s1. The molecule has 1 aliphatic carbocycles. The van der Waals surface area contributed by atoms with Gasteiger partial charge in [0.1, 0.15) is 16.6 Å². The monoisotopic (exact) mass is 509 g/mol. The summed E-state index contributed by atoms with van der Waals surface area (Å²) >= 11 is 7.97. The summed E-state index contributed by atoms with van der Waals surface area (Å²) in [6, 6.07) is 13.7. The van der Waals surface area contributed by atoms with E-state index < -0.39 is 23.7 Å². The van der Waals surface area contributed by atoms with Crippen molar-refractivity contribution in [2.24, 2.45) is 0 Å². The molecule has 35 heavy (non-hydrogen) atoms. The first-order valence-electron chi connectivity index (χ1n) is 11.6. The number of nitrogens with zero attached hydrogens (tertiary/aromatic N) is 2. The quantitative estimate of drug-likeness (QED) is 0.298. The van der Waals surface area contributed by atoms with Crippen molar-refractivity contribution < 1.29 is 13.6 Å². The van der Waals surface area contributed by atoms with Crippen LogP contribution in [0.2, 0.25) is 5.02 Å². The summed E-state index contributed by atoms with van der Waals surface area (Å²) in [6.45, 7) is 0.380. The molecule has 178 valence electrons. The van der Waals surface area contributed by atoms with E-state index in [0.717, 1.165) is 53.2 Å². The highest BCUT2D eigenvalue weighted by Gasteiger charge is 2.36. The van der Waals surface area contributed by atoms with Crippen LogP contribution in [0.3, 0.4) is 0 Å². The third-order valence-electron chi connectivity index (χ3n) is 6.80. The number of carbonyl (C=O) groups excluding carboxylic acids is 1. The van der Waals surface area contributed by atoms with Crippen molar-refractivity contribution in [3.63, 3.8) is 0 Å². The first-order valence-corrected chi connectivity index (χ1v) is 12.8. The van der Waals surface area contributed by atoms with Crippen molar-refractivity contribution in [3.8, 4) is 5.00 Å². The summed E-state index contributed by atoms with van der Waals surface area (Å²) in [4.78, 5) is 16.9. The van der Waals surface area contributed by atoms with Crippen molar-refractivity contribution in [2.45, 2.75) is 38.3 Å². The maximum Gasteiger partial charge on any atom is 0.323 e. The molecular formula is C27H22ClF2N3OS. The lowest BCUT2D eigenvalue weighted by atomic mass is 9.95. The van der Waals surface area contributed by atoms with Gasteiger partial charge in [-0.05, 0) is 73.2 Å². The molecule has 4 aromatic rings. The Kier molecular flexibility index (Phi) is 5.61. The van der Waals surface area contributed by atoms with Crippen molar-refractivity contribution in [1.29, 1.82) is 0 Å². The molecule has 1 atom stereocenters. The Morgan fingerprint density at radius 2 is 1.83 bits per heavy atom. The highest BCUT2D eigenvalue weighted by molar-refractivity contribution is 7.15. The Morgan fingerprint density at radius 3 is 2.63 bits per heavy atom. The molecule has 6 rings (SSSR count). The molecule has 0 saturated heterocycles. The number of rotatable bonds is 2. The van der Waals surface area contributed by atoms with Gasteiger partial charge in [-0.25, -0.2) is 13.6 Å². The Bertz CT molecular complexity index is 1430. The van der Waals surface area contributed by atoms with Crippen LogP contribution in [0.15, 0.2) is 60.8 Å². The molecule has 8 heteroatoms. The number of hydrogen-bond donors (Lipinski definition) is 1. The molecule has 2 aromatic carbocycles. The average Bonchev–Trinajstić information content (AvgIpc) is 3.43. The number of thiophene rings is 1. The van der Waals surface area contributed by atoms with E-state index in [1.807, 2.05) is 42.6 Å². The number of urea groups is 1. The maximum absolute atomic E-state index is 14.4. The molecule has 2 aliphatic rings. The minimum atomic E-state index is -0.812. The van der Waals surface area contributed by atoms with Crippen LogP contribution in [0.25, 0.3) is 5.00 Å². The summed E-state index contributed by atoms with van der Waals surface area (Å²) in [6.07, 6.45) is 6.39. The van der Waals surface area contributed by atoms with Crippen LogP contribution in [-0.4, -0.2) is 15.5 Å². The molecule has 0 bridgehead atoms. The van der Waals surface area contributed by atoms with Gasteiger partial charge in [-0.15, -0.1) is 11.3 Å². The third-order valence-corrected chi connectivity index (χ3v) is 8.38. The Hall–Kier alpha value is -3.16. The van der Waals surface area contributed by atoms with Crippen LogP contribution in [0.1, 0.15) is 46.1 Å². The lowest BCUT2D eigenvalue weighted by molar-refractivity contribution is 0.194. The second kappa shape index (κ2) is 8.81. The van der Waals surface area contributed by atoms with Crippen LogP contribution in [0.4, 0.5) is 19.3 Å². The lowest BCUT2D eigenvalue weighted by Crippen LogP contribution is -2.38. The Labute approximate surface area is 210 Å². The molecule has 2 amide bonds. The van der Waals surface area contributed by atoms with E-state index in [9.17, 15) is 13.6 Å². The molecule has 0 spiro atoms. The van der Waals surface area contributed by atoms with Gasteiger partial charge < -0.3 is 14.8 Å². The van der Waals surface area contributed by atoms with Gasteiger partial charge in [-0.3, -0.25) is 0 Å². The summed E-state index contributed by atoms with van der Waals surface area (Å²) in [5.74, 6) is -1.50. The fourth-order valence-electron chi connectivity index (χ4n) is 5.16. The van der Waals surface area contributed by atoms with Crippen LogP contribution < -0.4 is 5.32 Å². The first kappa shape index (κ1) is 22.3. The summed E-state index contributed by atoms with van der Waals surface area (Å²) < 4.78 is 30.1. The molecule has 0 radical (unpaired) electrons. The van der Waals surface area contributed by atoms with Gasteiger partial charge in [-0.2, -0.15) is 0 Å². The second-order valence-electron chi connectivity index (χ2n) is 8.93. The van der Waals surface area contributed by atoms with E-state index in [-0.39, 0.29) is 5.69 Å². The molecule has 1 N–H and O–H groups in total. The van der Waals surface area contributed by atoms with E-state index in [0.29, 0.717) is 11.6 Å². The first-order chi connectivity index (χ1) is 17.0. The van der Waals surface area contributed by atoms with E-state index in [2.05, 4.69) is 9.88 Å². The number of benzene rings is 2. The number of fused-ring (bicyclic) bond motifs is 5. The number of nitrogens with one attached hydrogen (secondary N) is 1. The number of carbonyl (C=O) groups is 1. The molecule has 2 aromatic heterocycles.